The van der Waals surface area contributed by atoms with Gasteiger partial charge < -0.3 is 11.1 Å². The highest BCUT2D eigenvalue weighted by atomic mass is 16.1. The van der Waals surface area contributed by atoms with Crippen LogP contribution < -0.4 is 11.1 Å². The van der Waals surface area contributed by atoms with Gasteiger partial charge in [0.15, 0.2) is 0 Å². The van der Waals surface area contributed by atoms with Crippen molar-refractivity contribution in [3.05, 3.63) is 47.8 Å². The van der Waals surface area contributed by atoms with E-state index in [4.69, 9.17) is 5.73 Å². The zero-order valence-electron chi connectivity index (χ0n) is 11.1. The lowest BCUT2D eigenvalue weighted by atomic mass is 10.1. The Kier molecular flexibility index (Phi) is 3.97. The number of rotatable bonds is 5. The third-order valence-corrected chi connectivity index (χ3v) is 3.01. The molecule has 2 aromatic rings. The summed E-state index contributed by atoms with van der Waals surface area (Å²) in [7, 11) is 0. The van der Waals surface area contributed by atoms with E-state index in [1.807, 2.05) is 18.2 Å². The van der Waals surface area contributed by atoms with Crippen LogP contribution >= 0.6 is 0 Å². The van der Waals surface area contributed by atoms with Crippen LogP contribution in [0.4, 0.5) is 0 Å². The van der Waals surface area contributed by atoms with Crippen LogP contribution in [0.2, 0.25) is 0 Å². The summed E-state index contributed by atoms with van der Waals surface area (Å²) >= 11 is 0. The number of nitrogens with two attached hydrogens (primary N) is 1. The first-order valence-electron chi connectivity index (χ1n) is 6.30. The molecule has 100 valence electrons. The smallest absolute Gasteiger partial charge is 0.251 e. The molecular formula is C14H18N4O. The molecule has 3 N–H and O–H groups in total. The molecule has 5 heteroatoms. The monoisotopic (exact) mass is 258 g/mol. The second-order valence-electron chi connectivity index (χ2n) is 4.41. The van der Waals surface area contributed by atoms with Crippen LogP contribution in [0.1, 0.15) is 35.8 Å². The van der Waals surface area contributed by atoms with Crippen molar-refractivity contribution in [1.29, 1.82) is 0 Å². The van der Waals surface area contributed by atoms with Crippen molar-refractivity contribution < 1.29 is 4.79 Å². The van der Waals surface area contributed by atoms with E-state index in [0.29, 0.717) is 5.56 Å². The molecule has 0 aliphatic rings. The topological polar surface area (TPSA) is 72.9 Å². The van der Waals surface area contributed by atoms with Gasteiger partial charge in [0, 0.05) is 12.2 Å². The van der Waals surface area contributed by atoms with E-state index in [1.54, 1.807) is 10.9 Å². The lowest BCUT2D eigenvalue weighted by molar-refractivity contribution is 0.100. The summed E-state index contributed by atoms with van der Waals surface area (Å²) < 4.78 is 1.66. The predicted octanol–water partition coefficient (Wildman–Crippen LogP) is 1.64. The number of amides is 1. The molecular weight excluding hydrogens is 240 g/mol. The Labute approximate surface area is 112 Å². The number of carbonyl (C=O) groups excluding carboxylic acids is 1. The summed E-state index contributed by atoms with van der Waals surface area (Å²) in [6.07, 6.45) is 3.11. The first kappa shape index (κ1) is 13.3. The maximum Gasteiger partial charge on any atom is 0.251 e. The van der Waals surface area contributed by atoms with Gasteiger partial charge in [0.25, 0.3) is 5.91 Å². The van der Waals surface area contributed by atoms with Gasteiger partial charge >= 0.3 is 0 Å². The lowest BCUT2D eigenvalue weighted by Crippen LogP contribution is -2.17. The molecule has 1 unspecified atom stereocenters. The molecule has 2 rings (SSSR count). The highest BCUT2D eigenvalue weighted by Gasteiger charge is 2.08. The van der Waals surface area contributed by atoms with Crippen molar-refractivity contribution in [3.8, 4) is 5.69 Å². The molecule has 0 radical (unpaired) electrons. The molecule has 0 bridgehead atoms. The zero-order valence-corrected chi connectivity index (χ0v) is 11.1. The van der Waals surface area contributed by atoms with Crippen LogP contribution in [0, 0.1) is 0 Å². The molecule has 5 nitrogen and oxygen atoms in total. The summed E-state index contributed by atoms with van der Waals surface area (Å²) in [6.45, 7) is 5.10. The van der Waals surface area contributed by atoms with Crippen molar-refractivity contribution in [2.24, 2.45) is 5.73 Å². The summed E-state index contributed by atoms with van der Waals surface area (Å²) in [4.78, 5) is 11.1. The minimum Gasteiger partial charge on any atom is -0.366 e. The van der Waals surface area contributed by atoms with Gasteiger partial charge in [0.1, 0.15) is 0 Å². The van der Waals surface area contributed by atoms with E-state index in [0.717, 1.165) is 12.2 Å². The van der Waals surface area contributed by atoms with E-state index in [1.165, 1.54) is 11.8 Å². The van der Waals surface area contributed by atoms with Gasteiger partial charge in [-0.15, -0.1) is 0 Å². The number of hydrogen-bond donors (Lipinski definition) is 2. The van der Waals surface area contributed by atoms with Crippen molar-refractivity contribution in [1.82, 2.24) is 15.1 Å². The summed E-state index contributed by atoms with van der Waals surface area (Å²) in [5, 5.41) is 7.51. The molecule has 0 aliphatic carbocycles. The fraction of sp³-hybridized carbons (Fsp3) is 0.286. The van der Waals surface area contributed by atoms with Crippen molar-refractivity contribution in [3.63, 3.8) is 0 Å². The quantitative estimate of drug-likeness (QED) is 0.856. The number of nitrogens with one attached hydrogen (secondary N) is 1. The number of benzene rings is 1. The normalized spacial score (nSPS) is 12.3. The van der Waals surface area contributed by atoms with Crippen LogP contribution in [0.25, 0.3) is 5.69 Å². The number of hydrogen-bond acceptors (Lipinski definition) is 3. The third kappa shape index (κ3) is 3.00. The Bertz CT molecular complexity index is 576. The summed E-state index contributed by atoms with van der Waals surface area (Å²) in [5.74, 6) is -0.469. The maximum absolute atomic E-state index is 11.1. The Morgan fingerprint density at radius 2 is 2.32 bits per heavy atom. The average molecular weight is 258 g/mol. The summed E-state index contributed by atoms with van der Waals surface area (Å²) in [6, 6.07) is 8.31. The van der Waals surface area contributed by atoms with Crippen LogP contribution in [0.5, 0.6) is 0 Å². The van der Waals surface area contributed by atoms with Crippen molar-refractivity contribution in [2.45, 2.75) is 19.9 Å². The molecule has 1 atom stereocenters. The van der Waals surface area contributed by atoms with Crippen LogP contribution in [0.3, 0.4) is 0 Å². The molecule has 1 amide bonds. The standard InChI is InChI=1S/C14H18N4O/c1-3-16-10(2)11-5-4-6-13(7-11)18-9-12(8-17-18)14(15)19/h4-10,16H,3H2,1-2H3,(H2,15,19). The number of carbonyl (C=O) groups is 1. The molecule has 0 fully saturated rings. The van der Waals surface area contributed by atoms with Gasteiger partial charge in [0.05, 0.1) is 17.4 Å². The van der Waals surface area contributed by atoms with E-state index < -0.39 is 5.91 Å². The first-order valence-corrected chi connectivity index (χ1v) is 6.30. The van der Waals surface area contributed by atoms with Crippen molar-refractivity contribution >= 4 is 5.91 Å². The molecule has 0 saturated carbocycles. The minimum absolute atomic E-state index is 0.274. The van der Waals surface area contributed by atoms with Gasteiger partial charge in [-0.3, -0.25) is 4.79 Å². The van der Waals surface area contributed by atoms with Crippen LogP contribution in [0.15, 0.2) is 36.7 Å². The Morgan fingerprint density at radius 1 is 1.53 bits per heavy atom. The maximum atomic E-state index is 11.1. The number of aromatic nitrogens is 2. The highest BCUT2D eigenvalue weighted by Crippen LogP contribution is 2.16. The minimum atomic E-state index is -0.469. The molecule has 1 aromatic heterocycles. The van der Waals surface area contributed by atoms with E-state index in [-0.39, 0.29) is 6.04 Å². The summed E-state index contributed by atoms with van der Waals surface area (Å²) in [5.41, 5.74) is 7.72. The van der Waals surface area contributed by atoms with Gasteiger partial charge in [-0.2, -0.15) is 5.10 Å². The van der Waals surface area contributed by atoms with E-state index in [9.17, 15) is 4.79 Å². The van der Waals surface area contributed by atoms with Gasteiger partial charge in [-0.1, -0.05) is 19.1 Å². The fourth-order valence-corrected chi connectivity index (χ4v) is 1.95. The van der Waals surface area contributed by atoms with Gasteiger partial charge in [0.2, 0.25) is 0 Å². The average Bonchev–Trinajstić information content (AvgIpc) is 2.89. The molecule has 0 spiro atoms. The lowest BCUT2D eigenvalue weighted by Gasteiger charge is -2.13. The Balaban J connectivity index is 2.29. The molecule has 19 heavy (non-hydrogen) atoms. The van der Waals surface area contributed by atoms with E-state index >= 15 is 0 Å². The van der Waals surface area contributed by atoms with Gasteiger partial charge in [-0.05, 0) is 31.2 Å². The zero-order chi connectivity index (χ0) is 13.8. The first-order chi connectivity index (χ1) is 9.11. The predicted molar refractivity (Wildman–Crippen MR) is 74.2 cm³/mol. The fourth-order valence-electron chi connectivity index (χ4n) is 1.95. The second-order valence-corrected chi connectivity index (χ2v) is 4.41. The molecule has 1 heterocycles. The number of primary amides is 1. The number of nitrogens with zero attached hydrogens (tertiary/aromatic N) is 2. The second kappa shape index (κ2) is 5.67. The highest BCUT2D eigenvalue weighted by molar-refractivity contribution is 5.92. The van der Waals surface area contributed by atoms with Crippen molar-refractivity contribution in [2.75, 3.05) is 6.54 Å². The largest absolute Gasteiger partial charge is 0.366 e. The van der Waals surface area contributed by atoms with Crippen LogP contribution in [-0.4, -0.2) is 22.2 Å². The van der Waals surface area contributed by atoms with Gasteiger partial charge in [-0.25, -0.2) is 4.68 Å². The SMILES string of the molecule is CCNC(C)c1cccc(-n2cc(C(N)=O)cn2)c1. The molecule has 0 aliphatic heterocycles. The third-order valence-electron chi connectivity index (χ3n) is 3.01. The Hall–Kier alpha value is -2.14. The Morgan fingerprint density at radius 3 is 2.95 bits per heavy atom. The molecule has 0 saturated heterocycles. The molecule has 1 aromatic carbocycles. The van der Waals surface area contributed by atoms with E-state index in [2.05, 4.69) is 30.3 Å². The van der Waals surface area contributed by atoms with Crippen LogP contribution in [-0.2, 0) is 0 Å².